The molecule has 29 heavy (non-hydrogen) atoms. The first-order valence-corrected chi connectivity index (χ1v) is 10.8. The predicted octanol–water partition coefficient (Wildman–Crippen LogP) is 2.72. The Morgan fingerprint density at radius 2 is 1.72 bits per heavy atom. The van der Waals surface area contributed by atoms with Crippen LogP contribution in [0.15, 0.2) is 28.7 Å². The van der Waals surface area contributed by atoms with Gasteiger partial charge in [-0.15, -0.1) is 0 Å². The molecule has 2 amide bonds. The summed E-state index contributed by atoms with van der Waals surface area (Å²) in [6, 6.07) is 7.84. The standard InChI is InChI=1S/C21H25BrN4O3/c1-14-19(15(2)26(23-14)17-7-5-16(22)6-8-17)21(28)25-11-9-24(10-12-25)20(27)18-4-3-13-29-18/h5-8,18H,3-4,9-13H2,1-2H3. The van der Waals surface area contributed by atoms with Gasteiger partial charge in [-0.1, -0.05) is 15.9 Å². The smallest absolute Gasteiger partial charge is 0.257 e. The molecule has 7 nitrogen and oxygen atoms in total. The number of halogens is 1. The molecule has 0 aliphatic carbocycles. The summed E-state index contributed by atoms with van der Waals surface area (Å²) in [6.45, 7) is 6.60. The highest BCUT2D eigenvalue weighted by Gasteiger charge is 2.32. The lowest BCUT2D eigenvalue weighted by atomic mass is 10.1. The number of hydrogen-bond donors (Lipinski definition) is 0. The maximum Gasteiger partial charge on any atom is 0.257 e. The van der Waals surface area contributed by atoms with Crippen LogP contribution in [0.1, 0.15) is 34.6 Å². The molecule has 4 rings (SSSR count). The molecule has 0 bridgehead atoms. The topological polar surface area (TPSA) is 67.7 Å². The highest BCUT2D eigenvalue weighted by atomic mass is 79.9. The van der Waals surface area contributed by atoms with Gasteiger partial charge < -0.3 is 14.5 Å². The summed E-state index contributed by atoms with van der Waals surface area (Å²) >= 11 is 3.44. The van der Waals surface area contributed by atoms with E-state index in [1.54, 1.807) is 0 Å². The fourth-order valence-electron chi connectivity index (χ4n) is 4.05. The quantitative estimate of drug-likeness (QED) is 0.705. The second-order valence-corrected chi connectivity index (χ2v) is 8.47. The Bertz CT molecular complexity index is 911. The average Bonchev–Trinajstić information content (AvgIpc) is 3.36. The fraction of sp³-hybridized carbons (Fsp3) is 0.476. The van der Waals surface area contributed by atoms with Gasteiger partial charge in [0.05, 0.1) is 22.6 Å². The van der Waals surface area contributed by atoms with Crippen molar-refractivity contribution in [2.24, 2.45) is 0 Å². The molecular weight excluding hydrogens is 436 g/mol. The number of aromatic nitrogens is 2. The van der Waals surface area contributed by atoms with E-state index >= 15 is 0 Å². The maximum absolute atomic E-state index is 13.2. The van der Waals surface area contributed by atoms with E-state index < -0.39 is 0 Å². The lowest BCUT2D eigenvalue weighted by Gasteiger charge is -2.35. The largest absolute Gasteiger partial charge is 0.368 e. The summed E-state index contributed by atoms with van der Waals surface area (Å²) < 4.78 is 8.32. The molecule has 0 N–H and O–H groups in total. The number of piperazine rings is 1. The molecule has 2 fully saturated rings. The number of ether oxygens (including phenoxy) is 1. The number of benzene rings is 1. The molecule has 0 saturated carbocycles. The molecule has 1 aromatic carbocycles. The Hall–Kier alpha value is -2.19. The summed E-state index contributed by atoms with van der Waals surface area (Å²) in [7, 11) is 0. The van der Waals surface area contributed by atoms with Crippen molar-refractivity contribution in [1.29, 1.82) is 0 Å². The fourth-order valence-corrected chi connectivity index (χ4v) is 4.31. The van der Waals surface area contributed by atoms with Gasteiger partial charge in [0.2, 0.25) is 0 Å². The predicted molar refractivity (Wildman–Crippen MR) is 112 cm³/mol. The first-order chi connectivity index (χ1) is 14.0. The zero-order valence-corrected chi connectivity index (χ0v) is 18.3. The molecule has 1 aromatic heterocycles. The Balaban J connectivity index is 1.46. The van der Waals surface area contributed by atoms with Gasteiger partial charge in [0.1, 0.15) is 6.10 Å². The lowest BCUT2D eigenvalue weighted by molar-refractivity contribution is -0.142. The van der Waals surface area contributed by atoms with Crippen molar-refractivity contribution in [1.82, 2.24) is 19.6 Å². The number of carbonyl (C=O) groups excluding carboxylic acids is 2. The number of hydrogen-bond acceptors (Lipinski definition) is 4. The molecule has 1 unspecified atom stereocenters. The third kappa shape index (κ3) is 3.96. The first kappa shape index (κ1) is 20.1. The summed E-state index contributed by atoms with van der Waals surface area (Å²) in [5.41, 5.74) is 3.10. The molecule has 3 heterocycles. The van der Waals surface area contributed by atoms with Crippen LogP contribution in [-0.2, 0) is 9.53 Å². The molecule has 0 radical (unpaired) electrons. The third-order valence-corrected chi connectivity index (χ3v) is 6.19. The number of carbonyl (C=O) groups is 2. The number of amides is 2. The highest BCUT2D eigenvalue weighted by Crippen LogP contribution is 2.22. The van der Waals surface area contributed by atoms with Gasteiger partial charge in [-0.25, -0.2) is 4.68 Å². The Kier molecular flexibility index (Phi) is 5.74. The molecule has 2 aliphatic heterocycles. The molecule has 2 aromatic rings. The van der Waals surface area contributed by atoms with Crippen LogP contribution in [0.25, 0.3) is 5.69 Å². The Labute approximate surface area is 178 Å². The van der Waals surface area contributed by atoms with Gasteiger partial charge in [0, 0.05) is 37.3 Å². The lowest BCUT2D eigenvalue weighted by Crippen LogP contribution is -2.53. The minimum absolute atomic E-state index is 0.0208. The van der Waals surface area contributed by atoms with E-state index in [-0.39, 0.29) is 17.9 Å². The van der Waals surface area contributed by atoms with Crippen LogP contribution in [0, 0.1) is 13.8 Å². The number of nitrogens with zero attached hydrogens (tertiary/aromatic N) is 4. The van der Waals surface area contributed by atoms with Gasteiger partial charge in [-0.05, 0) is 51.0 Å². The second kappa shape index (κ2) is 8.28. The maximum atomic E-state index is 13.2. The monoisotopic (exact) mass is 460 g/mol. The van der Waals surface area contributed by atoms with Crippen molar-refractivity contribution >= 4 is 27.7 Å². The molecule has 8 heteroatoms. The van der Waals surface area contributed by atoms with Gasteiger partial charge >= 0.3 is 0 Å². The number of rotatable bonds is 3. The van der Waals surface area contributed by atoms with Gasteiger partial charge in [0.15, 0.2) is 0 Å². The van der Waals surface area contributed by atoms with Crippen molar-refractivity contribution in [3.8, 4) is 5.69 Å². The van der Waals surface area contributed by atoms with Crippen LogP contribution in [0.4, 0.5) is 0 Å². The first-order valence-electron chi connectivity index (χ1n) is 9.97. The second-order valence-electron chi connectivity index (χ2n) is 7.55. The van der Waals surface area contributed by atoms with Crippen molar-refractivity contribution in [2.75, 3.05) is 32.8 Å². The van der Waals surface area contributed by atoms with Gasteiger partial charge in [-0.3, -0.25) is 9.59 Å². The summed E-state index contributed by atoms with van der Waals surface area (Å²) in [5, 5.41) is 4.59. The SMILES string of the molecule is Cc1nn(-c2ccc(Br)cc2)c(C)c1C(=O)N1CCN(C(=O)C2CCCO2)CC1. The van der Waals surface area contributed by atoms with Crippen molar-refractivity contribution < 1.29 is 14.3 Å². The van der Waals surface area contributed by atoms with E-state index in [1.165, 1.54) is 0 Å². The van der Waals surface area contributed by atoms with E-state index in [1.807, 2.05) is 52.6 Å². The minimum atomic E-state index is -0.300. The molecule has 2 saturated heterocycles. The van der Waals surface area contributed by atoms with Crippen molar-refractivity contribution in [3.05, 3.63) is 45.7 Å². The Morgan fingerprint density at radius 3 is 2.34 bits per heavy atom. The molecule has 2 aliphatic rings. The van der Waals surface area contributed by atoms with Crippen LogP contribution in [-0.4, -0.2) is 70.3 Å². The Morgan fingerprint density at radius 1 is 1.07 bits per heavy atom. The van der Waals surface area contributed by atoms with E-state index in [0.29, 0.717) is 44.0 Å². The van der Waals surface area contributed by atoms with Crippen LogP contribution in [0.2, 0.25) is 0 Å². The summed E-state index contributed by atoms with van der Waals surface area (Å²) in [6.07, 6.45) is 1.44. The van der Waals surface area contributed by atoms with E-state index in [4.69, 9.17) is 4.74 Å². The van der Waals surface area contributed by atoms with E-state index in [2.05, 4.69) is 21.0 Å². The van der Waals surface area contributed by atoms with Gasteiger partial charge in [-0.2, -0.15) is 5.10 Å². The van der Waals surface area contributed by atoms with Crippen LogP contribution in [0.5, 0.6) is 0 Å². The van der Waals surface area contributed by atoms with E-state index in [9.17, 15) is 9.59 Å². The molecular formula is C21H25BrN4O3. The van der Waals surface area contributed by atoms with Crippen LogP contribution < -0.4 is 0 Å². The summed E-state index contributed by atoms with van der Waals surface area (Å²) in [4.78, 5) is 29.4. The number of aryl methyl sites for hydroxylation is 1. The zero-order chi connectivity index (χ0) is 20.5. The minimum Gasteiger partial charge on any atom is -0.368 e. The van der Waals surface area contributed by atoms with Crippen LogP contribution in [0.3, 0.4) is 0 Å². The van der Waals surface area contributed by atoms with E-state index in [0.717, 1.165) is 28.7 Å². The highest BCUT2D eigenvalue weighted by molar-refractivity contribution is 9.10. The summed E-state index contributed by atoms with van der Waals surface area (Å²) in [5.74, 6) is 0.0394. The normalized spacial score (nSPS) is 19.6. The molecule has 1 atom stereocenters. The van der Waals surface area contributed by atoms with Crippen LogP contribution >= 0.6 is 15.9 Å². The molecule has 0 spiro atoms. The third-order valence-electron chi connectivity index (χ3n) is 5.66. The van der Waals surface area contributed by atoms with Gasteiger partial charge in [0.25, 0.3) is 11.8 Å². The van der Waals surface area contributed by atoms with Crippen molar-refractivity contribution in [2.45, 2.75) is 32.8 Å². The zero-order valence-electron chi connectivity index (χ0n) is 16.7. The average molecular weight is 461 g/mol. The molecule has 154 valence electrons. The van der Waals surface area contributed by atoms with Crippen molar-refractivity contribution in [3.63, 3.8) is 0 Å².